The summed E-state index contributed by atoms with van der Waals surface area (Å²) in [4.78, 5) is 15.2. The van der Waals surface area contributed by atoms with Crippen LogP contribution in [0.2, 0.25) is 10.0 Å². The molecular formula is C23H22Cl2N2O. The summed E-state index contributed by atoms with van der Waals surface area (Å²) in [5.41, 5.74) is 3.93. The van der Waals surface area contributed by atoms with Gasteiger partial charge in [-0.1, -0.05) is 59.6 Å². The number of likely N-dealkylation sites (tertiary alicyclic amines) is 1. The highest BCUT2D eigenvalue weighted by Crippen LogP contribution is 2.52. The Morgan fingerprint density at radius 3 is 2.61 bits per heavy atom. The molecular weight excluding hydrogens is 391 g/mol. The predicted octanol–water partition coefficient (Wildman–Crippen LogP) is 6.06. The van der Waals surface area contributed by atoms with E-state index in [9.17, 15) is 4.79 Å². The lowest BCUT2D eigenvalue weighted by Crippen LogP contribution is -2.33. The highest BCUT2D eigenvalue weighted by molar-refractivity contribution is 6.42. The maximum atomic E-state index is 13.2. The zero-order valence-electron chi connectivity index (χ0n) is 15.5. The van der Waals surface area contributed by atoms with Crippen molar-refractivity contribution in [2.75, 3.05) is 18.4 Å². The fourth-order valence-corrected chi connectivity index (χ4v) is 5.38. The van der Waals surface area contributed by atoms with Crippen molar-refractivity contribution < 1.29 is 4.79 Å². The number of benzene rings is 2. The van der Waals surface area contributed by atoms with E-state index in [1.807, 2.05) is 35.2 Å². The molecule has 5 heteroatoms. The molecule has 28 heavy (non-hydrogen) atoms. The molecule has 144 valence electrons. The maximum absolute atomic E-state index is 13.2. The number of fused-ring (bicyclic) bond motifs is 3. The number of rotatable bonds is 2. The van der Waals surface area contributed by atoms with E-state index in [1.54, 1.807) is 0 Å². The Labute approximate surface area is 175 Å². The van der Waals surface area contributed by atoms with Crippen LogP contribution in [0, 0.1) is 5.92 Å². The summed E-state index contributed by atoms with van der Waals surface area (Å²) in [5.74, 6) is 0.765. The summed E-state index contributed by atoms with van der Waals surface area (Å²) in [7, 11) is 0. The first-order valence-corrected chi connectivity index (χ1v) is 10.7. The van der Waals surface area contributed by atoms with Crippen molar-refractivity contribution in [2.45, 2.75) is 31.2 Å². The minimum absolute atomic E-state index is 0.0197. The van der Waals surface area contributed by atoms with Crippen molar-refractivity contribution in [3.8, 4) is 0 Å². The lowest BCUT2D eigenvalue weighted by Gasteiger charge is -2.39. The van der Waals surface area contributed by atoms with E-state index >= 15 is 0 Å². The van der Waals surface area contributed by atoms with Gasteiger partial charge in [-0.15, -0.1) is 0 Å². The van der Waals surface area contributed by atoms with Gasteiger partial charge in [-0.25, -0.2) is 0 Å². The predicted molar refractivity (Wildman–Crippen MR) is 114 cm³/mol. The summed E-state index contributed by atoms with van der Waals surface area (Å²) in [6.45, 7) is 1.69. The van der Waals surface area contributed by atoms with E-state index in [4.69, 9.17) is 23.2 Å². The molecule has 3 nitrogen and oxygen atoms in total. The number of nitrogens with zero attached hydrogens (tertiary/aromatic N) is 1. The molecule has 0 aromatic heterocycles. The molecule has 1 N–H and O–H groups in total. The monoisotopic (exact) mass is 412 g/mol. The van der Waals surface area contributed by atoms with Crippen LogP contribution in [-0.2, 0) is 0 Å². The fourth-order valence-electron chi connectivity index (χ4n) is 4.96. The second kappa shape index (κ2) is 7.13. The van der Waals surface area contributed by atoms with Crippen LogP contribution in [0.5, 0.6) is 0 Å². The van der Waals surface area contributed by atoms with E-state index in [0.29, 0.717) is 16.0 Å². The van der Waals surface area contributed by atoms with Crippen LogP contribution in [0.15, 0.2) is 48.6 Å². The Morgan fingerprint density at radius 2 is 1.79 bits per heavy atom. The number of halogens is 2. The summed E-state index contributed by atoms with van der Waals surface area (Å²) >= 11 is 12.9. The first-order chi connectivity index (χ1) is 13.6. The minimum Gasteiger partial charge on any atom is -0.377 e. The Hall–Kier alpha value is -1.97. The zero-order valence-corrected chi connectivity index (χ0v) is 17.0. The van der Waals surface area contributed by atoms with Crippen molar-refractivity contribution >= 4 is 34.8 Å². The standard InChI is InChI=1S/C23H22Cl2N2O/c24-19-11-5-9-17(20(19)25)21-15-7-3-6-14(15)16-8-4-10-18(22(16)26-21)23(28)27-12-1-2-13-27/h3-6,8-11,14-15,21,26H,1-2,7,12-13H2. The molecule has 2 aliphatic heterocycles. The molecule has 1 amide bonds. The third-order valence-corrected chi connectivity index (χ3v) is 7.17. The average molecular weight is 413 g/mol. The van der Waals surface area contributed by atoms with E-state index in [0.717, 1.165) is 49.2 Å². The van der Waals surface area contributed by atoms with E-state index < -0.39 is 0 Å². The van der Waals surface area contributed by atoms with Crippen LogP contribution < -0.4 is 5.32 Å². The van der Waals surface area contributed by atoms with E-state index in [2.05, 4.69) is 23.5 Å². The Balaban J connectivity index is 1.60. The normalized spacial score (nSPS) is 25.4. The molecule has 1 aliphatic carbocycles. The summed E-state index contributed by atoms with van der Waals surface area (Å²) < 4.78 is 0. The molecule has 2 aromatic rings. The molecule has 0 bridgehead atoms. The van der Waals surface area contributed by atoms with E-state index in [-0.39, 0.29) is 17.9 Å². The van der Waals surface area contributed by atoms with Crippen LogP contribution in [0.4, 0.5) is 5.69 Å². The number of nitrogens with one attached hydrogen (secondary N) is 1. The number of carbonyl (C=O) groups is 1. The summed E-state index contributed by atoms with van der Waals surface area (Å²) in [6, 6.07) is 11.9. The van der Waals surface area contributed by atoms with Gasteiger partial charge in [0.25, 0.3) is 5.91 Å². The van der Waals surface area contributed by atoms with Gasteiger partial charge in [0.15, 0.2) is 0 Å². The molecule has 2 aromatic carbocycles. The van der Waals surface area contributed by atoms with Crippen LogP contribution >= 0.6 is 23.2 Å². The van der Waals surface area contributed by atoms with Crippen LogP contribution in [-0.4, -0.2) is 23.9 Å². The van der Waals surface area contributed by atoms with Crippen LogP contribution in [0.3, 0.4) is 0 Å². The minimum atomic E-state index is 0.0197. The second-order valence-electron chi connectivity index (χ2n) is 7.89. The van der Waals surface area contributed by atoms with Gasteiger partial charge in [-0.2, -0.15) is 0 Å². The SMILES string of the molecule is O=C(c1cccc2c1NC(c1cccc(Cl)c1Cl)C1CC=CC21)N1CCCC1. The zero-order chi connectivity index (χ0) is 19.3. The molecule has 3 atom stereocenters. The van der Waals surface area contributed by atoms with Crippen molar-refractivity contribution in [3.63, 3.8) is 0 Å². The van der Waals surface area contributed by atoms with Crippen molar-refractivity contribution in [3.05, 3.63) is 75.3 Å². The van der Waals surface area contributed by atoms with Gasteiger partial charge in [0.1, 0.15) is 0 Å². The fraction of sp³-hybridized carbons (Fsp3) is 0.348. The van der Waals surface area contributed by atoms with Gasteiger partial charge < -0.3 is 10.2 Å². The molecule has 1 saturated heterocycles. The molecule has 0 spiro atoms. The van der Waals surface area contributed by atoms with E-state index in [1.165, 1.54) is 5.56 Å². The lowest BCUT2D eigenvalue weighted by molar-refractivity contribution is 0.0793. The number of para-hydroxylation sites is 1. The van der Waals surface area contributed by atoms with Crippen molar-refractivity contribution in [1.29, 1.82) is 0 Å². The lowest BCUT2D eigenvalue weighted by atomic mass is 9.76. The Kier molecular flexibility index (Phi) is 4.60. The molecule has 0 radical (unpaired) electrons. The van der Waals surface area contributed by atoms with Gasteiger partial charge in [0, 0.05) is 19.0 Å². The number of carbonyl (C=O) groups excluding carboxylic acids is 1. The van der Waals surface area contributed by atoms with Crippen molar-refractivity contribution in [1.82, 2.24) is 4.90 Å². The number of anilines is 1. The Bertz CT molecular complexity index is 965. The Morgan fingerprint density at radius 1 is 1.04 bits per heavy atom. The van der Waals surface area contributed by atoms with Gasteiger partial charge in [0.05, 0.1) is 27.3 Å². The largest absolute Gasteiger partial charge is 0.377 e. The number of allylic oxidation sites excluding steroid dienone is 2. The highest BCUT2D eigenvalue weighted by atomic mass is 35.5. The molecule has 2 heterocycles. The molecule has 3 aliphatic rings. The molecule has 3 unspecified atom stereocenters. The first kappa shape index (κ1) is 18.1. The summed E-state index contributed by atoms with van der Waals surface area (Å²) in [6.07, 6.45) is 7.67. The molecule has 5 rings (SSSR count). The van der Waals surface area contributed by atoms with Crippen molar-refractivity contribution in [2.24, 2.45) is 5.92 Å². The number of hydrogen-bond acceptors (Lipinski definition) is 2. The highest BCUT2D eigenvalue weighted by Gasteiger charge is 2.40. The topological polar surface area (TPSA) is 32.3 Å². The van der Waals surface area contributed by atoms with Gasteiger partial charge >= 0.3 is 0 Å². The smallest absolute Gasteiger partial charge is 0.255 e. The second-order valence-corrected chi connectivity index (χ2v) is 8.67. The molecule has 1 fully saturated rings. The van der Waals surface area contributed by atoms with Crippen LogP contribution in [0.1, 0.15) is 52.7 Å². The maximum Gasteiger partial charge on any atom is 0.255 e. The molecule has 0 saturated carbocycles. The van der Waals surface area contributed by atoms with Gasteiger partial charge in [-0.05, 0) is 48.4 Å². The average Bonchev–Trinajstić information content (AvgIpc) is 3.41. The number of hydrogen-bond donors (Lipinski definition) is 1. The first-order valence-electron chi connectivity index (χ1n) is 9.94. The number of amides is 1. The van der Waals surface area contributed by atoms with Crippen LogP contribution in [0.25, 0.3) is 0 Å². The third-order valence-electron chi connectivity index (χ3n) is 6.34. The summed E-state index contributed by atoms with van der Waals surface area (Å²) in [5, 5.41) is 4.86. The third kappa shape index (κ3) is 2.84. The van der Waals surface area contributed by atoms with Gasteiger partial charge in [0.2, 0.25) is 0 Å². The quantitative estimate of drug-likeness (QED) is 0.608. The van der Waals surface area contributed by atoms with Gasteiger partial charge in [-0.3, -0.25) is 4.79 Å².